The number of anilines is 1. The highest BCUT2D eigenvalue weighted by molar-refractivity contribution is 7.81. The Morgan fingerprint density at radius 2 is 2.00 bits per heavy atom. The molecule has 1 N–H and O–H groups in total. The van der Waals surface area contributed by atoms with Gasteiger partial charge in [0.15, 0.2) is 4.99 Å². The predicted octanol–water partition coefficient (Wildman–Crippen LogP) is 2.62. The molecule has 1 aromatic rings. The van der Waals surface area contributed by atoms with E-state index in [1.54, 1.807) is 18.2 Å². The molecule has 0 aliphatic heterocycles. The second-order valence-corrected chi connectivity index (χ2v) is 3.57. The molecule has 0 saturated heterocycles. The second-order valence-electron chi connectivity index (χ2n) is 2.75. The van der Waals surface area contributed by atoms with Crippen LogP contribution in [-0.2, 0) is 0 Å². The first-order chi connectivity index (χ1) is 7.62. The molecular formula is C10H9ClN2O2S. The minimum atomic E-state index is 0.0412. The lowest BCUT2D eigenvalue weighted by atomic mass is 10.2. The number of hydrogen-bond donors (Lipinski definition) is 1. The third-order valence-electron chi connectivity index (χ3n) is 1.82. The zero-order chi connectivity index (χ0) is 12.1. The highest BCUT2D eigenvalue weighted by atomic mass is 35.5. The molecule has 84 valence electrons. The fourth-order valence-electron chi connectivity index (χ4n) is 1.11. The van der Waals surface area contributed by atoms with Crippen molar-refractivity contribution in [3.63, 3.8) is 0 Å². The van der Waals surface area contributed by atoms with Gasteiger partial charge in [0.2, 0.25) is 0 Å². The van der Waals surface area contributed by atoms with Crippen LogP contribution in [0.25, 0.3) is 0 Å². The Hall–Kier alpha value is -1.51. The highest BCUT2D eigenvalue weighted by Crippen LogP contribution is 2.35. The van der Waals surface area contributed by atoms with E-state index < -0.39 is 0 Å². The fraction of sp³-hybridized carbons (Fsp3) is 0.200. The molecule has 0 aliphatic rings. The van der Waals surface area contributed by atoms with Crippen molar-refractivity contribution in [2.75, 3.05) is 19.5 Å². The van der Waals surface area contributed by atoms with Crippen LogP contribution < -0.4 is 14.8 Å². The topological polar surface area (TPSA) is 54.3 Å². The number of methoxy groups -OCH3 is 2. The van der Waals surface area contributed by atoms with Gasteiger partial charge in [-0.1, -0.05) is 11.6 Å². The minimum Gasteiger partial charge on any atom is -0.495 e. The summed E-state index contributed by atoms with van der Waals surface area (Å²) in [5, 5.41) is 11.7. The lowest BCUT2D eigenvalue weighted by Gasteiger charge is -2.12. The van der Waals surface area contributed by atoms with E-state index >= 15 is 0 Å². The molecular weight excluding hydrogens is 248 g/mol. The van der Waals surface area contributed by atoms with Crippen molar-refractivity contribution in [2.45, 2.75) is 0 Å². The summed E-state index contributed by atoms with van der Waals surface area (Å²) in [5.41, 5.74) is 0.528. The van der Waals surface area contributed by atoms with Gasteiger partial charge in [-0.15, -0.1) is 0 Å². The summed E-state index contributed by atoms with van der Waals surface area (Å²) in [6.45, 7) is 0. The first kappa shape index (κ1) is 12.6. The van der Waals surface area contributed by atoms with Gasteiger partial charge in [-0.2, -0.15) is 5.26 Å². The van der Waals surface area contributed by atoms with E-state index in [1.165, 1.54) is 14.2 Å². The van der Waals surface area contributed by atoms with Crippen LogP contribution in [0.2, 0.25) is 5.02 Å². The van der Waals surface area contributed by atoms with Gasteiger partial charge in [-0.05, 0) is 18.3 Å². The molecule has 0 unspecified atom stereocenters. The Balaban J connectivity index is 3.14. The molecule has 0 spiro atoms. The maximum atomic E-state index is 8.58. The number of nitriles is 1. The Labute approximate surface area is 104 Å². The molecule has 0 atom stereocenters. The van der Waals surface area contributed by atoms with Crippen LogP contribution in [0.1, 0.15) is 0 Å². The van der Waals surface area contributed by atoms with Crippen LogP contribution in [0, 0.1) is 11.3 Å². The van der Waals surface area contributed by atoms with Crippen LogP contribution in [0.15, 0.2) is 12.1 Å². The van der Waals surface area contributed by atoms with E-state index in [1.807, 2.05) is 0 Å². The van der Waals surface area contributed by atoms with Gasteiger partial charge < -0.3 is 14.8 Å². The Morgan fingerprint density at radius 3 is 2.50 bits per heavy atom. The molecule has 1 aromatic carbocycles. The van der Waals surface area contributed by atoms with E-state index in [0.717, 1.165) is 0 Å². The van der Waals surface area contributed by atoms with Crippen LogP contribution in [0.3, 0.4) is 0 Å². The largest absolute Gasteiger partial charge is 0.495 e. The van der Waals surface area contributed by atoms with E-state index in [-0.39, 0.29) is 4.99 Å². The van der Waals surface area contributed by atoms with Gasteiger partial charge in [-0.3, -0.25) is 0 Å². The second kappa shape index (κ2) is 5.54. The Bertz CT molecular complexity index is 457. The van der Waals surface area contributed by atoms with Crippen LogP contribution in [-0.4, -0.2) is 19.2 Å². The van der Waals surface area contributed by atoms with Crippen molar-refractivity contribution >= 4 is 34.5 Å². The maximum Gasteiger partial charge on any atom is 0.182 e. The Kier molecular flexibility index (Phi) is 4.35. The number of thiocarbonyl (C=S) groups is 1. The van der Waals surface area contributed by atoms with Gasteiger partial charge in [0.05, 0.1) is 24.9 Å². The summed E-state index contributed by atoms with van der Waals surface area (Å²) in [7, 11) is 3.01. The molecule has 0 amide bonds. The summed E-state index contributed by atoms with van der Waals surface area (Å²) in [6, 6.07) is 5.01. The van der Waals surface area contributed by atoms with Gasteiger partial charge in [0.1, 0.15) is 17.6 Å². The molecule has 6 heteroatoms. The highest BCUT2D eigenvalue weighted by Gasteiger charge is 2.10. The first-order valence-electron chi connectivity index (χ1n) is 4.25. The predicted molar refractivity (Wildman–Crippen MR) is 66.4 cm³/mol. The normalized spacial score (nSPS) is 9.12. The third kappa shape index (κ3) is 2.75. The first-order valence-corrected chi connectivity index (χ1v) is 5.03. The fourth-order valence-corrected chi connectivity index (χ4v) is 1.46. The SMILES string of the molecule is COc1cc(OC)c(NC(=S)C#N)cc1Cl. The maximum absolute atomic E-state index is 8.58. The number of nitrogens with one attached hydrogen (secondary N) is 1. The van der Waals surface area contributed by atoms with Crippen molar-refractivity contribution in [3.05, 3.63) is 17.2 Å². The van der Waals surface area contributed by atoms with Gasteiger partial charge >= 0.3 is 0 Å². The van der Waals surface area contributed by atoms with Crippen molar-refractivity contribution in [1.82, 2.24) is 0 Å². The number of hydrogen-bond acceptors (Lipinski definition) is 4. The summed E-state index contributed by atoms with van der Waals surface area (Å²) in [4.78, 5) is 0.0412. The molecule has 0 fully saturated rings. The molecule has 0 aromatic heterocycles. The van der Waals surface area contributed by atoms with Crippen LogP contribution in [0.5, 0.6) is 11.5 Å². The van der Waals surface area contributed by atoms with E-state index in [2.05, 4.69) is 5.32 Å². The monoisotopic (exact) mass is 256 g/mol. The minimum absolute atomic E-state index is 0.0412. The molecule has 0 radical (unpaired) electrons. The Morgan fingerprint density at radius 1 is 1.38 bits per heavy atom. The standard InChI is InChI=1S/C10H9ClN2O2S/c1-14-8-4-9(15-2)7(3-6(8)11)13-10(16)5-12/h3-4H,1-2H3,(H,13,16). The molecule has 0 bridgehead atoms. The molecule has 16 heavy (non-hydrogen) atoms. The average Bonchev–Trinajstić information content (AvgIpc) is 2.29. The van der Waals surface area contributed by atoms with Gasteiger partial charge in [-0.25, -0.2) is 0 Å². The number of nitrogens with zero attached hydrogens (tertiary/aromatic N) is 1. The molecule has 0 heterocycles. The van der Waals surface area contributed by atoms with E-state index in [0.29, 0.717) is 22.2 Å². The lowest BCUT2D eigenvalue weighted by molar-refractivity contribution is 0.396. The number of benzene rings is 1. The number of ether oxygens (including phenoxy) is 2. The quantitative estimate of drug-likeness (QED) is 0.843. The summed E-state index contributed by atoms with van der Waals surface area (Å²) in [5.74, 6) is 0.991. The number of halogens is 1. The van der Waals surface area contributed by atoms with Crippen LogP contribution in [0.4, 0.5) is 5.69 Å². The number of rotatable bonds is 3. The summed E-state index contributed by atoms with van der Waals surface area (Å²) >= 11 is 10.7. The third-order valence-corrected chi connectivity index (χ3v) is 2.31. The summed E-state index contributed by atoms with van der Waals surface area (Å²) in [6.07, 6.45) is 0. The zero-order valence-corrected chi connectivity index (χ0v) is 10.3. The smallest absolute Gasteiger partial charge is 0.182 e. The van der Waals surface area contributed by atoms with Crippen molar-refractivity contribution in [1.29, 1.82) is 5.26 Å². The van der Waals surface area contributed by atoms with Crippen LogP contribution >= 0.6 is 23.8 Å². The molecule has 0 aliphatic carbocycles. The molecule has 4 nitrogen and oxygen atoms in total. The average molecular weight is 257 g/mol. The van der Waals surface area contributed by atoms with E-state index in [9.17, 15) is 0 Å². The van der Waals surface area contributed by atoms with E-state index in [4.69, 9.17) is 38.6 Å². The van der Waals surface area contributed by atoms with Crippen molar-refractivity contribution in [3.8, 4) is 17.6 Å². The molecule has 1 rings (SSSR count). The molecule has 0 saturated carbocycles. The lowest BCUT2D eigenvalue weighted by Crippen LogP contribution is -2.07. The van der Waals surface area contributed by atoms with Gasteiger partial charge in [0, 0.05) is 6.07 Å². The zero-order valence-electron chi connectivity index (χ0n) is 8.70. The van der Waals surface area contributed by atoms with Crippen molar-refractivity contribution in [2.24, 2.45) is 0 Å². The van der Waals surface area contributed by atoms with Crippen molar-refractivity contribution < 1.29 is 9.47 Å². The summed E-state index contributed by atoms with van der Waals surface area (Å²) < 4.78 is 10.2. The van der Waals surface area contributed by atoms with Gasteiger partial charge in [0.25, 0.3) is 0 Å².